The monoisotopic (exact) mass is 451 g/mol. The highest BCUT2D eigenvalue weighted by atomic mass is 16.3. The Labute approximate surface area is 199 Å². The van der Waals surface area contributed by atoms with Crippen LogP contribution in [0.3, 0.4) is 0 Å². The van der Waals surface area contributed by atoms with Crippen LogP contribution in [-0.4, -0.2) is 45.5 Å². The van der Waals surface area contributed by atoms with E-state index in [4.69, 9.17) is 10.1 Å². The van der Waals surface area contributed by atoms with Crippen molar-refractivity contribution in [3.63, 3.8) is 0 Å². The van der Waals surface area contributed by atoms with Crippen LogP contribution < -0.4 is 5.32 Å². The largest absolute Gasteiger partial charge is 0.394 e. The number of hydrogen-bond donors (Lipinski definition) is 3. The van der Waals surface area contributed by atoms with E-state index in [1.54, 1.807) is 0 Å². The summed E-state index contributed by atoms with van der Waals surface area (Å²) in [6.07, 6.45) is 9.05. The van der Waals surface area contributed by atoms with Crippen molar-refractivity contribution in [3.05, 3.63) is 47.4 Å². The molecule has 0 radical (unpaired) electrons. The lowest BCUT2D eigenvalue weighted by molar-refractivity contribution is 0.0913. The van der Waals surface area contributed by atoms with Crippen LogP contribution >= 0.6 is 0 Å². The first-order valence-corrected chi connectivity index (χ1v) is 12.7. The van der Waals surface area contributed by atoms with Gasteiger partial charge in [0.25, 0.3) is 0 Å². The minimum absolute atomic E-state index is 0.184. The fraction of sp³-hybridized carbons (Fsp3) is 0.643. The second-order valence-electron chi connectivity index (χ2n) is 11.5. The Balaban J connectivity index is 1.52. The third kappa shape index (κ3) is 5.47. The summed E-state index contributed by atoms with van der Waals surface area (Å²) in [7, 11) is 0. The fourth-order valence-electron chi connectivity index (χ4n) is 5.61. The first kappa shape index (κ1) is 24.3. The molecule has 0 amide bonds. The maximum atomic E-state index is 9.63. The molecule has 3 N–H and O–H groups in total. The molecule has 0 bridgehead atoms. The first-order valence-electron chi connectivity index (χ1n) is 12.7. The predicted molar refractivity (Wildman–Crippen MR) is 133 cm³/mol. The van der Waals surface area contributed by atoms with Gasteiger partial charge < -0.3 is 15.5 Å². The van der Waals surface area contributed by atoms with E-state index in [0.29, 0.717) is 18.5 Å². The van der Waals surface area contributed by atoms with E-state index in [-0.39, 0.29) is 17.4 Å². The molecule has 0 aliphatic heterocycles. The molecule has 0 saturated heterocycles. The lowest BCUT2D eigenvalue weighted by Crippen LogP contribution is -2.36. The summed E-state index contributed by atoms with van der Waals surface area (Å²) < 4.78 is 0. The number of benzene rings is 1. The number of aliphatic hydroxyl groups excluding tert-OH is 2. The van der Waals surface area contributed by atoms with Crippen LogP contribution in [0.15, 0.2) is 30.5 Å². The van der Waals surface area contributed by atoms with Gasteiger partial charge in [-0.2, -0.15) is 0 Å². The average Bonchev–Trinajstić information content (AvgIpc) is 3.06. The molecule has 2 aromatic rings. The minimum atomic E-state index is -0.684. The van der Waals surface area contributed by atoms with E-state index in [1.807, 2.05) is 12.3 Å². The maximum absolute atomic E-state index is 9.63. The smallest absolute Gasteiger partial charge is 0.132 e. The highest BCUT2D eigenvalue weighted by Gasteiger charge is 2.37. The molecule has 1 heterocycles. The number of fused-ring (bicyclic) bond motifs is 1. The van der Waals surface area contributed by atoms with E-state index >= 15 is 0 Å². The molecular formula is C28H41N3O2. The van der Waals surface area contributed by atoms with E-state index in [2.05, 4.69) is 56.2 Å². The summed E-state index contributed by atoms with van der Waals surface area (Å²) in [5, 5.41) is 22.1. The molecule has 2 aliphatic rings. The second-order valence-corrected chi connectivity index (χ2v) is 11.5. The van der Waals surface area contributed by atoms with Crippen molar-refractivity contribution in [3.8, 4) is 11.3 Å². The molecule has 4 rings (SSSR count). The molecule has 5 heteroatoms. The lowest BCUT2D eigenvalue weighted by atomic mass is 9.63. The molecule has 33 heavy (non-hydrogen) atoms. The average molecular weight is 452 g/mol. The molecule has 1 aromatic carbocycles. The molecule has 1 aromatic heterocycles. The van der Waals surface area contributed by atoms with Gasteiger partial charge in [-0.1, -0.05) is 46.2 Å². The number of aromatic nitrogens is 2. The number of aliphatic hydroxyl groups is 2. The van der Waals surface area contributed by atoms with Gasteiger partial charge in [-0.15, -0.1) is 0 Å². The summed E-state index contributed by atoms with van der Waals surface area (Å²) in [5.41, 5.74) is 5.55. The summed E-state index contributed by atoms with van der Waals surface area (Å²) in [6, 6.07) is 9.38. The van der Waals surface area contributed by atoms with Gasteiger partial charge in [0, 0.05) is 30.3 Å². The molecular weight excluding hydrogens is 410 g/mol. The lowest BCUT2D eigenvalue weighted by Gasteiger charge is -2.42. The Hall–Kier alpha value is -1.82. The van der Waals surface area contributed by atoms with E-state index in [1.165, 1.54) is 29.5 Å². The number of nitrogens with zero attached hydrogens (tertiary/aromatic N) is 2. The van der Waals surface area contributed by atoms with Crippen LogP contribution in [-0.2, 0) is 10.8 Å². The minimum Gasteiger partial charge on any atom is -0.394 e. The van der Waals surface area contributed by atoms with Crippen LogP contribution in [0.1, 0.15) is 95.5 Å². The molecule has 0 spiro atoms. The molecule has 3 atom stereocenters. The third-order valence-corrected chi connectivity index (χ3v) is 8.01. The van der Waals surface area contributed by atoms with Crippen molar-refractivity contribution in [2.75, 3.05) is 13.2 Å². The fourth-order valence-corrected chi connectivity index (χ4v) is 5.61. The zero-order chi connectivity index (χ0) is 23.6. The van der Waals surface area contributed by atoms with Crippen molar-refractivity contribution in [1.29, 1.82) is 0 Å². The number of rotatable bonds is 6. The van der Waals surface area contributed by atoms with Crippen LogP contribution in [0.5, 0.6) is 0 Å². The zero-order valence-electron chi connectivity index (χ0n) is 20.8. The zero-order valence-corrected chi connectivity index (χ0v) is 20.8. The standard InChI is InChI=1S/C28H41N3O2/c1-27(2)13-14-28(3,4)24-16-20(9-11-23(24)27)25-12-15-29-26(31-25)19-6-5-7-21(10-8-19)30-17-22(33)18-32/h9,11-12,15-16,19,21-22,30,32-33H,5-8,10,13-14,17-18H2,1-4H3/t19?,21-,22+/m1/s1. The number of nitrogens with one attached hydrogen (secondary N) is 1. The highest BCUT2D eigenvalue weighted by molar-refractivity contribution is 5.62. The summed E-state index contributed by atoms with van der Waals surface area (Å²) in [4.78, 5) is 9.73. The normalized spacial score (nSPS) is 25.2. The summed E-state index contributed by atoms with van der Waals surface area (Å²) in [6.45, 7) is 9.71. The molecule has 1 fully saturated rings. The van der Waals surface area contributed by atoms with Gasteiger partial charge in [0.2, 0.25) is 0 Å². The van der Waals surface area contributed by atoms with Crippen molar-refractivity contribution in [2.24, 2.45) is 0 Å². The van der Waals surface area contributed by atoms with Crippen LogP contribution in [0, 0.1) is 0 Å². The van der Waals surface area contributed by atoms with E-state index in [0.717, 1.165) is 43.6 Å². The van der Waals surface area contributed by atoms with Crippen molar-refractivity contribution in [1.82, 2.24) is 15.3 Å². The van der Waals surface area contributed by atoms with Crippen LogP contribution in [0.25, 0.3) is 11.3 Å². The summed E-state index contributed by atoms with van der Waals surface area (Å²) >= 11 is 0. The molecule has 2 aliphatic carbocycles. The van der Waals surface area contributed by atoms with Crippen molar-refractivity contribution >= 4 is 0 Å². The van der Waals surface area contributed by atoms with Gasteiger partial charge in [-0.3, -0.25) is 0 Å². The number of hydrogen-bond acceptors (Lipinski definition) is 5. The van der Waals surface area contributed by atoms with Crippen LogP contribution in [0.4, 0.5) is 0 Å². The van der Waals surface area contributed by atoms with Crippen molar-refractivity contribution < 1.29 is 10.2 Å². The Bertz CT molecular complexity index is 956. The molecule has 5 nitrogen and oxygen atoms in total. The molecule has 1 saturated carbocycles. The SMILES string of the molecule is CC1(C)CCC(C)(C)c2cc(-c3ccnc(C4CCC[C@@H](NC[C@H](O)CO)CC4)n3)ccc21. The Morgan fingerprint density at radius 2 is 1.76 bits per heavy atom. The maximum Gasteiger partial charge on any atom is 0.132 e. The van der Waals surface area contributed by atoms with Gasteiger partial charge in [-0.25, -0.2) is 9.97 Å². The van der Waals surface area contributed by atoms with E-state index < -0.39 is 6.10 Å². The Kier molecular flexibility index (Phi) is 7.23. The quantitative estimate of drug-likeness (QED) is 0.547. The third-order valence-electron chi connectivity index (χ3n) is 8.01. The van der Waals surface area contributed by atoms with Gasteiger partial charge in [0.15, 0.2) is 0 Å². The molecule has 1 unspecified atom stereocenters. The van der Waals surface area contributed by atoms with Gasteiger partial charge in [0.05, 0.1) is 18.4 Å². The molecule has 180 valence electrons. The Morgan fingerprint density at radius 3 is 2.52 bits per heavy atom. The first-order chi connectivity index (χ1) is 15.7. The van der Waals surface area contributed by atoms with Gasteiger partial charge >= 0.3 is 0 Å². The second kappa shape index (κ2) is 9.81. The van der Waals surface area contributed by atoms with Crippen LogP contribution in [0.2, 0.25) is 0 Å². The Morgan fingerprint density at radius 1 is 1.00 bits per heavy atom. The highest BCUT2D eigenvalue weighted by Crippen LogP contribution is 2.46. The summed E-state index contributed by atoms with van der Waals surface area (Å²) in [5.74, 6) is 1.33. The topological polar surface area (TPSA) is 78.3 Å². The predicted octanol–water partition coefficient (Wildman–Crippen LogP) is 4.85. The van der Waals surface area contributed by atoms with Gasteiger partial charge in [-0.05, 0) is 72.6 Å². The van der Waals surface area contributed by atoms with Crippen molar-refractivity contribution in [2.45, 2.75) is 102 Å². The van der Waals surface area contributed by atoms with Gasteiger partial charge in [0.1, 0.15) is 5.82 Å². The van der Waals surface area contributed by atoms with E-state index in [9.17, 15) is 5.11 Å².